The van der Waals surface area contributed by atoms with E-state index in [9.17, 15) is 14.7 Å². The molecule has 28 heavy (non-hydrogen) atoms. The van der Waals surface area contributed by atoms with E-state index in [1.807, 2.05) is 30.3 Å². The van der Waals surface area contributed by atoms with Gasteiger partial charge >= 0.3 is 5.97 Å². The predicted octanol–water partition coefficient (Wildman–Crippen LogP) is 3.27. The lowest BCUT2D eigenvalue weighted by Gasteiger charge is -2.11. The number of carboxylic acids is 1. The van der Waals surface area contributed by atoms with Crippen molar-refractivity contribution in [1.82, 2.24) is 0 Å². The first-order valence-electron chi connectivity index (χ1n) is 8.40. The van der Waals surface area contributed by atoms with Crippen molar-refractivity contribution in [2.24, 2.45) is 5.73 Å². The number of benzene rings is 3. The lowest BCUT2D eigenvalue weighted by molar-refractivity contribution is 0.0676. The number of hydrogen-bond donors (Lipinski definition) is 4. The number of hydrogen-bond acceptors (Lipinski definition) is 4. The Balaban J connectivity index is 0.000000261. The summed E-state index contributed by atoms with van der Waals surface area (Å²) in [5.41, 5.74) is 6.31. The van der Waals surface area contributed by atoms with Crippen LogP contribution >= 0.6 is 0 Å². The smallest absolute Gasteiger partial charge is 0.336 e. The van der Waals surface area contributed by atoms with Gasteiger partial charge in [-0.25, -0.2) is 4.79 Å². The molecule has 0 aliphatic rings. The maximum absolute atomic E-state index is 12.2. The van der Waals surface area contributed by atoms with Crippen LogP contribution in [0.3, 0.4) is 0 Å². The third-order valence-corrected chi connectivity index (χ3v) is 3.87. The SMILES string of the molecule is N=C(N)c1ccccc1.O=C(O)c1ccccc1C(=O)C(O)c1ccccc1. The van der Waals surface area contributed by atoms with Gasteiger partial charge in [-0.05, 0) is 11.6 Å². The number of nitrogens with one attached hydrogen (secondary N) is 1. The minimum absolute atomic E-state index is 0.00588. The molecular weight excluding hydrogens is 356 g/mol. The third kappa shape index (κ3) is 5.36. The second-order valence-electron chi connectivity index (χ2n) is 5.81. The molecule has 142 valence electrons. The maximum atomic E-state index is 12.2. The molecule has 0 fully saturated rings. The molecule has 0 aliphatic heterocycles. The average molecular weight is 376 g/mol. The number of nitrogens with two attached hydrogens (primary N) is 1. The Labute approximate surface area is 162 Å². The van der Waals surface area contributed by atoms with Crippen molar-refractivity contribution in [3.63, 3.8) is 0 Å². The van der Waals surface area contributed by atoms with Crippen molar-refractivity contribution in [2.45, 2.75) is 6.10 Å². The van der Waals surface area contributed by atoms with E-state index < -0.39 is 17.9 Å². The number of ketones is 1. The first-order valence-corrected chi connectivity index (χ1v) is 8.40. The molecule has 3 rings (SSSR count). The van der Waals surface area contributed by atoms with Gasteiger partial charge in [0.1, 0.15) is 11.9 Å². The van der Waals surface area contributed by atoms with Crippen molar-refractivity contribution in [2.75, 3.05) is 0 Å². The second-order valence-corrected chi connectivity index (χ2v) is 5.81. The Morgan fingerprint density at radius 3 is 1.71 bits per heavy atom. The predicted molar refractivity (Wildman–Crippen MR) is 107 cm³/mol. The van der Waals surface area contributed by atoms with Crippen LogP contribution in [0.4, 0.5) is 0 Å². The summed E-state index contributed by atoms with van der Waals surface area (Å²) in [5, 5.41) is 26.1. The number of carboxylic acid groups (broad SMARTS) is 1. The molecule has 0 spiro atoms. The number of aliphatic hydroxyl groups is 1. The Morgan fingerprint density at radius 2 is 1.25 bits per heavy atom. The molecule has 6 nitrogen and oxygen atoms in total. The first kappa shape index (κ1) is 20.5. The first-order chi connectivity index (χ1) is 13.4. The maximum Gasteiger partial charge on any atom is 0.336 e. The number of Topliss-reactive ketones (excluding diaryl/α,β-unsaturated/α-hetero) is 1. The van der Waals surface area contributed by atoms with E-state index >= 15 is 0 Å². The minimum atomic E-state index is -1.36. The fourth-order valence-corrected chi connectivity index (χ4v) is 2.44. The summed E-state index contributed by atoms with van der Waals surface area (Å²) in [6.45, 7) is 0. The molecule has 0 saturated carbocycles. The number of aromatic carboxylic acids is 1. The van der Waals surface area contributed by atoms with Crippen LogP contribution in [0.5, 0.6) is 0 Å². The highest BCUT2D eigenvalue weighted by atomic mass is 16.4. The Hall–Kier alpha value is -3.77. The van der Waals surface area contributed by atoms with Gasteiger partial charge in [0.25, 0.3) is 0 Å². The molecule has 0 aliphatic carbocycles. The molecule has 1 atom stereocenters. The number of nitrogen functional groups attached to an aromatic ring is 1. The van der Waals surface area contributed by atoms with Gasteiger partial charge in [-0.1, -0.05) is 78.9 Å². The number of aliphatic hydroxyl groups excluding tert-OH is 1. The summed E-state index contributed by atoms with van der Waals surface area (Å²) >= 11 is 0. The molecule has 5 N–H and O–H groups in total. The molecule has 0 bridgehead atoms. The Morgan fingerprint density at radius 1 is 0.786 bits per heavy atom. The van der Waals surface area contributed by atoms with E-state index in [0.717, 1.165) is 5.56 Å². The van der Waals surface area contributed by atoms with E-state index in [-0.39, 0.29) is 17.0 Å². The van der Waals surface area contributed by atoms with Crippen molar-refractivity contribution < 1.29 is 19.8 Å². The monoisotopic (exact) mass is 376 g/mol. The number of amidine groups is 1. The summed E-state index contributed by atoms with van der Waals surface area (Å²) in [5.74, 6) is -1.69. The van der Waals surface area contributed by atoms with E-state index in [4.69, 9.17) is 16.2 Å². The van der Waals surface area contributed by atoms with Gasteiger partial charge < -0.3 is 15.9 Å². The largest absolute Gasteiger partial charge is 0.478 e. The van der Waals surface area contributed by atoms with Crippen LogP contribution < -0.4 is 5.73 Å². The van der Waals surface area contributed by atoms with Gasteiger partial charge in [0, 0.05) is 11.1 Å². The normalized spacial score (nSPS) is 10.9. The molecule has 0 radical (unpaired) electrons. The summed E-state index contributed by atoms with van der Waals surface area (Å²) < 4.78 is 0. The van der Waals surface area contributed by atoms with Gasteiger partial charge in [0.2, 0.25) is 0 Å². The summed E-state index contributed by atoms with van der Waals surface area (Å²) in [7, 11) is 0. The standard InChI is InChI=1S/C15H12O4.C7H8N2/c16-13(10-6-2-1-3-7-10)14(17)11-8-4-5-9-12(11)15(18)19;8-7(9)6-4-2-1-3-5-6/h1-9,13,16H,(H,18,19);1-5H,(H3,8,9). The minimum Gasteiger partial charge on any atom is -0.478 e. The van der Waals surface area contributed by atoms with Crippen LogP contribution in [-0.2, 0) is 0 Å². The third-order valence-electron chi connectivity index (χ3n) is 3.87. The summed E-state index contributed by atoms with van der Waals surface area (Å²) in [6, 6.07) is 23.5. The van der Waals surface area contributed by atoms with Crippen LogP contribution in [0.2, 0.25) is 0 Å². The van der Waals surface area contributed by atoms with E-state index in [0.29, 0.717) is 5.56 Å². The molecular formula is C22H20N2O4. The van der Waals surface area contributed by atoms with Gasteiger partial charge in [-0.15, -0.1) is 0 Å². The zero-order valence-corrected chi connectivity index (χ0v) is 14.9. The summed E-state index contributed by atoms with van der Waals surface area (Å²) in [4.78, 5) is 23.2. The van der Waals surface area contributed by atoms with Crippen LogP contribution in [0.15, 0.2) is 84.9 Å². The highest BCUT2D eigenvalue weighted by molar-refractivity contribution is 6.07. The van der Waals surface area contributed by atoms with Crippen molar-refractivity contribution in [1.29, 1.82) is 5.41 Å². The summed E-state index contributed by atoms with van der Waals surface area (Å²) in [6.07, 6.45) is -1.36. The van der Waals surface area contributed by atoms with Gasteiger partial charge in [-0.3, -0.25) is 10.2 Å². The molecule has 0 heterocycles. The molecule has 1 unspecified atom stereocenters. The molecule has 0 aromatic heterocycles. The van der Waals surface area contributed by atoms with Crippen LogP contribution in [0.25, 0.3) is 0 Å². The second kappa shape index (κ2) is 9.80. The quantitative estimate of drug-likeness (QED) is 0.309. The Kier molecular flexibility index (Phi) is 7.19. The van der Waals surface area contributed by atoms with E-state index in [1.54, 1.807) is 36.4 Å². The van der Waals surface area contributed by atoms with Crippen molar-refractivity contribution >= 4 is 17.6 Å². The lowest BCUT2D eigenvalue weighted by atomic mass is 9.96. The average Bonchev–Trinajstić information content (AvgIpc) is 2.74. The number of carbonyl (C=O) groups excluding carboxylic acids is 1. The molecule has 0 saturated heterocycles. The van der Waals surface area contributed by atoms with Crippen molar-refractivity contribution in [3.05, 3.63) is 107 Å². The van der Waals surface area contributed by atoms with Crippen LogP contribution in [0.1, 0.15) is 37.9 Å². The van der Waals surface area contributed by atoms with Gasteiger partial charge in [-0.2, -0.15) is 0 Å². The fourth-order valence-electron chi connectivity index (χ4n) is 2.44. The van der Waals surface area contributed by atoms with Gasteiger partial charge in [0.15, 0.2) is 5.78 Å². The van der Waals surface area contributed by atoms with Crippen LogP contribution in [-0.4, -0.2) is 27.8 Å². The Bertz CT molecular complexity index is 957. The molecule has 0 amide bonds. The molecule has 3 aromatic carbocycles. The topological polar surface area (TPSA) is 124 Å². The van der Waals surface area contributed by atoms with E-state index in [2.05, 4.69) is 0 Å². The number of carbonyl (C=O) groups is 2. The zero-order chi connectivity index (χ0) is 20.5. The highest BCUT2D eigenvalue weighted by Crippen LogP contribution is 2.20. The highest BCUT2D eigenvalue weighted by Gasteiger charge is 2.23. The van der Waals surface area contributed by atoms with E-state index in [1.165, 1.54) is 18.2 Å². The fraction of sp³-hybridized carbons (Fsp3) is 0.0455. The van der Waals surface area contributed by atoms with Crippen molar-refractivity contribution in [3.8, 4) is 0 Å². The van der Waals surface area contributed by atoms with Crippen LogP contribution in [0, 0.1) is 5.41 Å². The molecule has 6 heteroatoms. The van der Waals surface area contributed by atoms with Gasteiger partial charge in [0.05, 0.1) is 5.56 Å². The zero-order valence-electron chi connectivity index (χ0n) is 14.9. The molecule has 3 aromatic rings. The lowest BCUT2D eigenvalue weighted by Crippen LogP contribution is -2.16. The number of rotatable bonds is 5.